The van der Waals surface area contributed by atoms with E-state index in [-0.39, 0.29) is 0 Å². The van der Waals surface area contributed by atoms with Crippen LogP contribution in [-0.2, 0) is 4.74 Å². The first kappa shape index (κ1) is 9.27. The highest BCUT2D eigenvalue weighted by atomic mass is 16.5. The molecule has 0 saturated heterocycles. The predicted octanol–water partition coefficient (Wildman–Crippen LogP) is 1.74. The van der Waals surface area contributed by atoms with Crippen molar-refractivity contribution in [1.82, 2.24) is 4.98 Å². The molecule has 0 saturated carbocycles. The molecule has 2 heterocycles. The Morgan fingerprint density at radius 3 is 3.14 bits per heavy atom. The second kappa shape index (κ2) is 4.28. The lowest BCUT2D eigenvalue weighted by Gasteiger charge is -2.13. The van der Waals surface area contributed by atoms with Gasteiger partial charge in [0.2, 0.25) is 0 Å². The van der Waals surface area contributed by atoms with Crippen LogP contribution in [0.5, 0.6) is 0 Å². The average molecular weight is 194 g/mol. The quantitative estimate of drug-likeness (QED) is 0.744. The normalized spacial score (nSPS) is 16.5. The van der Waals surface area contributed by atoms with Gasteiger partial charge in [0.05, 0.1) is 18.9 Å². The first-order chi connectivity index (χ1) is 6.84. The van der Waals surface area contributed by atoms with Gasteiger partial charge in [0.1, 0.15) is 6.26 Å². The molecule has 0 spiro atoms. The van der Waals surface area contributed by atoms with Gasteiger partial charge in [0, 0.05) is 6.54 Å². The number of hydrogen-bond donors (Lipinski definition) is 1. The molecule has 1 N–H and O–H groups in total. The van der Waals surface area contributed by atoms with E-state index in [4.69, 9.17) is 9.15 Å². The Kier molecular flexibility index (Phi) is 2.84. The van der Waals surface area contributed by atoms with Crippen LogP contribution in [0, 0.1) is 6.92 Å². The fourth-order valence-corrected chi connectivity index (χ4v) is 1.36. The second-order valence-corrected chi connectivity index (χ2v) is 3.35. The van der Waals surface area contributed by atoms with E-state index in [2.05, 4.69) is 16.4 Å². The first-order valence-electron chi connectivity index (χ1n) is 4.76. The van der Waals surface area contributed by atoms with Gasteiger partial charge in [-0.3, -0.25) is 0 Å². The third kappa shape index (κ3) is 2.35. The number of aromatic nitrogens is 1. The van der Waals surface area contributed by atoms with Gasteiger partial charge in [-0.25, -0.2) is 0 Å². The molecule has 4 nitrogen and oxygen atoms in total. The fourth-order valence-electron chi connectivity index (χ4n) is 1.36. The van der Waals surface area contributed by atoms with Crippen LogP contribution < -0.4 is 5.32 Å². The maximum absolute atomic E-state index is 5.32. The smallest absolute Gasteiger partial charge is 0.294 e. The van der Waals surface area contributed by atoms with Crippen LogP contribution in [0.1, 0.15) is 12.1 Å². The first-order valence-corrected chi connectivity index (χ1v) is 4.76. The Hall–Kier alpha value is -1.29. The lowest BCUT2D eigenvalue weighted by molar-refractivity contribution is 0.150. The van der Waals surface area contributed by atoms with Gasteiger partial charge in [-0.05, 0) is 18.9 Å². The van der Waals surface area contributed by atoms with Crippen molar-refractivity contribution in [3.05, 3.63) is 23.6 Å². The number of nitrogens with zero attached hydrogens (tertiary/aromatic N) is 1. The molecular formula is C10H14N2O2. The summed E-state index contributed by atoms with van der Waals surface area (Å²) in [7, 11) is 0. The lowest BCUT2D eigenvalue weighted by atomic mass is 10.2. The Bertz CT molecular complexity index is 331. The summed E-state index contributed by atoms with van der Waals surface area (Å²) in [5, 5.41) is 3.11. The van der Waals surface area contributed by atoms with Gasteiger partial charge in [-0.15, -0.1) is 0 Å². The van der Waals surface area contributed by atoms with E-state index in [0.29, 0.717) is 12.6 Å². The monoisotopic (exact) mass is 194 g/mol. The van der Waals surface area contributed by atoms with E-state index in [1.165, 1.54) is 5.57 Å². The summed E-state index contributed by atoms with van der Waals surface area (Å²) in [6, 6.07) is 0.578. The summed E-state index contributed by atoms with van der Waals surface area (Å²) in [5.74, 6) is 0. The van der Waals surface area contributed by atoms with Crippen molar-refractivity contribution in [2.24, 2.45) is 0 Å². The molecule has 2 rings (SSSR count). The molecular weight excluding hydrogens is 180 g/mol. The standard InChI is InChI=1S/C10H14N2O2/c1-8-6-14-10(12-8)11-5-9-3-2-4-13-7-9/h3,6H,2,4-5,7H2,1H3,(H,11,12). The molecule has 76 valence electrons. The molecule has 0 aliphatic carbocycles. The van der Waals surface area contributed by atoms with Gasteiger partial charge >= 0.3 is 0 Å². The van der Waals surface area contributed by atoms with Crippen LogP contribution in [0.2, 0.25) is 0 Å². The molecule has 1 aliphatic rings. The molecule has 0 bridgehead atoms. The van der Waals surface area contributed by atoms with E-state index in [9.17, 15) is 0 Å². The molecule has 0 aromatic carbocycles. The number of hydrogen-bond acceptors (Lipinski definition) is 4. The highest BCUT2D eigenvalue weighted by Crippen LogP contribution is 2.09. The summed E-state index contributed by atoms with van der Waals surface area (Å²) < 4.78 is 10.5. The molecule has 0 amide bonds. The van der Waals surface area contributed by atoms with Gasteiger partial charge in [-0.2, -0.15) is 4.98 Å². The highest BCUT2D eigenvalue weighted by molar-refractivity contribution is 5.25. The zero-order valence-electron chi connectivity index (χ0n) is 8.25. The number of nitrogens with one attached hydrogen (secondary N) is 1. The molecule has 0 atom stereocenters. The largest absolute Gasteiger partial charge is 0.432 e. The summed E-state index contributed by atoms with van der Waals surface area (Å²) in [4.78, 5) is 4.15. The van der Waals surface area contributed by atoms with Crippen molar-refractivity contribution in [3.63, 3.8) is 0 Å². The number of anilines is 1. The van der Waals surface area contributed by atoms with Crippen molar-refractivity contribution in [1.29, 1.82) is 0 Å². The number of rotatable bonds is 3. The van der Waals surface area contributed by atoms with Crippen LogP contribution in [-0.4, -0.2) is 24.7 Å². The number of aryl methyl sites for hydroxylation is 1. The van der Waals surface area contributed by atoms with E-state index < -0.39 is 0 Å². The van der Waals surface area contributed by atoms with Gasteiger partial charge in [0.25, 0.3) is 6.01 Å². The molecule has 1 aromatic rings. The Morgan fingerprint density at radius 1 is 1.57 bits per heavy atom. The minimum absolute atomic E-state index is 0.578. The lowest BCUT2D eigenvalue weighted by Crippen LogP contribution is -2.14. The maximum atomic E-state index is 5.32. The van der Waals surface area contributed by atoms with Crippen molar-refractivity contribution in [2.45, 2.75) is 13.3 Å². The molecule has 0 fully saturated rings. The Morgan fingerprint density at radius 2 is 2.50 bits per heavy atom. The molecule has 1 aromatic heterocycles. The molecule has 14 heavy (non-hydrogen) atoms. The van der Waals surface area contributed by atoms with Crippen molar-refractivity contribution in [2.75, 3.05) is 25.1 Å². The summed E-state index contributed by atoms with van der Waals surface area (Å²) >= 11 is 0. The predicted molar refractivity (Wildman–Crippen MR) is 53.2 cm³/mol. The second-order valence-electron chi connectivity index (χ2n) is 3.35. The van der Waals surface area contributed by atoms with Crippen LogP contribution in [0.4, 0.5) is 6.01 Å². The van der Waals surface area contributed by atoms with Gasteiger partial charge < -0.3 is 14.5 Å². The third-order valence-corrected chi connectivity index (χ3v) is 2.07. The van der Waals surface area contributed by atoms with Crippen LogP contribution in [0.3, 0.4) is 0 Å². The highest BCUT2D eigenvalue weighted by Gasteiger charge is 2.05. The van der Waals surface area contributed by atoms with Crippen molar-refractivity contribution >= 4 is 6.01 Å². The molecule has 0 radical (unpaired) electrons. The van der Waals surface area contributed by atoms with E-state index in [1.807, 2.05) is 6.92 Å². The summed E-state index contributed by atoms with van der Waals surface area (Å²) in [6.45, 7) is 4.20. The Labute approximate surface area is 83.0 Å². The Balaban J connectivity index is 1.84. The average Bonchev–Trinajstić information content (AvgIpc) is 2.63. The minimum Gasteiger partial charge on any atom is -0.432 e. The SMILES string of the molecule is Cc1coc(NCC2=CCCOC2)n1. The topological polar surface area (TPSA) is 47.3 Å². The molecule has 4 heteroatoms. The molecule has 1 aliphatic heterocycles. The fraction of sp³-hybridized carbons (Fsp3) is 0.500. The number of ether oxygens (including phenoxy) is 1. The van der Waals surface area contributed by atoms with E-state index in [0.717, 1.165) is 25.3 Å². The maximum Gasteiger partial charge on any atom is 0.294 e. The van der Waals surface area contributed by atoms with Crippen LogP contribution in [0.25, 0.3) is 0 Å². The molecule has 0 unspecified atom stereocenters. The van der Waals surface area contributed by atoms with Crippen molar-refractivity contribution < 1.29 is 9.15 Å². The van der Waals surface area contributed by atoms with Crippen LogP contribution in [0.15, 0.2) is 22.3 Å². The van der Waals surface area contributed by atoms with Gasteiger partial charge in [0.15, 0.2) is 0 Å². The number of oxazole rings is 1. The van der Waals surface area contributed by atoms with E-state index >= 15 is 0 Å². The van der Waals surface area contributed by atoms with Gasteiger partial charge in [-0.1, -0.05) is 6.08 Å². The minimum atomic E-state index is 0.578. The third-order valence-electron chi connectivity index (χ3n) is 2.07. The zero-order chi connectivity index (χ0) is 9.80. The van der Waals surface area contributed by atoms with Crippen LogP contribution >= 0.6 is 0 Å². The van der Waals surface area contributed by atoms with Crippen molar-refractivity contribution in [3.8, 4) is 0 Å². The zero-order valence-corrected chi connectivity index (χ0v) is 8.25. The van der Waals surface area contributed by atoms with E-state index in [1.54, 1.807) is 6.26 Å². The summed E-state index contributed by atoms with van der Waals surface area (Å²) in [5.41, 5.74) is 2.15. The summed E-state index contributed by atoms with van der Waals surface area (Å²) in [6.07, 6.45) is 4.84.